The Bertz CT molecular complexity index is 483. The van der Waals surface area contributed by atoms with E-state index in [1.165, 1.54) is 25.8 Å². The van der Waals surface area contributed by atoms with Crippen LogP contribution < -0.4 is 10.6 Å². The highest BCUT2D eigenvalue weighted by Crippen LogP contribution is 2.17. The Kier molecular flexibility index (Phi) is 6.93. The van der Waals surface area contributed by atoms with Crippen molar-refractivity contribution in [1.29, 1.82) is 0 Å². The zero-order chi connectivity index (χ0) is 15.8. The van der Waals surface area contributed by atoms with Gasteiger partial charge in [-0.2, -0.15) is 0 Å². The summed E-state index contributed by atoms with van der Waals surface area (Å²) in [5.74, 6) is 0. The van der Waals surface area contributed by atoms with Gasteiger partial charge in [0.25, 0.3) is 0 Å². The van der Waals surface area contributed by atoms with Crippen LogP contribution in [-0.4, -0.2) is 41.6 Å². The predicted molar refractivity (Wildman–Crippen MR) is 90.4 cm³/mol. The van der Waals surface area contributed by atoms with Crippen LogP contribution in [0.1, 0.15) is 39.0 Å². The van der Waals surface area contributed by atoms with Gasteiger partial charge in [-0.25, -0.2) is 9.78 Å². The van der Waals surface area contributed by atoms with Crippen molar-refractivity contribution in [2.45, 2.75) is 45.1 Å². The van der Waals surface area contributed by atoms with E-state index >= 15 is 0 Å². The van der Waals surface area contributed by atoms with Crippen molar-refractivity contribution >= 4 is 23.3 Å². The van der Waals surface area contributed by atoms with Crippen molar-refractivity contribution < 1.29 is 4.79 Å². The summed E-state index contributed by atoms with van der Waals surface area (Å²) < 4.78 is 0. The van der Waals surface area contributed by atoms with Crippen LogP contribution >= 0.6 is 11.6 Å². The minimum absolute atomic E-state index is 0.235. The molecule has 1 aliphatic heterocycles. The lowest BCUT2D eigenvalue weighted by Crippen LogP contribution is -2.38. The fraction of sp³-hybridized carbons (Fsp3) is 0.625. The number of hydrogen-bond acceptors (Lipinski definition) is 3. The Morgan fingerprint density at radius 2 is 2.32 bits per heavy atom. The van der Waals surface area contributed by atoms with E-state index in [0.29, 0.717) is 23.4 Å². The number of pyridine rings is 1. The topological polar surface area (TPSA) is 57.3 Å². The van der Waals surface area contributed by atoms with Crippen molar-refractivity contribution in [1.82, 2.24) is 15.2 Å². The summed E-state index contributed by atoms with van der Waals surface area (Å²) in [5.41, 5.74) is 0.531. The molecular formula is C16H25ClN4O. The van der Waals surface area contributed by atoms with Crippen LogP contribution in [-0.2, 0) is 0 Å². The van der Waals surface area contributed by atoms with Crippen molar-refractivity contribution in [3.63, 3.8) is 0 Å². The largest absolute Gasteiger partial charge is 0.338 e. The van der Waals surface area contributed by atoms with E-state index in [4.69, 9.17) is 11.6 Å². The summed E-state index contributed by atoms with van der Waals surface area (Å²) >= 11 is 5.89. The van der Waals surface area contributed by atoms with Gasteiger partial charge in [-0.15, -0.1) is 0 Å². The smallest absolute Gasteiger partial charge is 0.319 e. The molecule has 0 aliphatic carbocycles. The van der Waals surface area contributed by atoms with Gasteiger partial charge < -0.3 is 15.5 Å². The standard InChI is InChI=1S/C16H25ClN4O/c1-13-7-2-4-11-21(13)12-5-3-9-19-16(22)20-14-8-6-10-18-15(14)17/h6,8,10,13H,2-5,7,9,11-12H2,1H3,(H2,19,20,22). The molecule has 22 heavy (non-hydrogen) atoms. The number of nitrogens with one attached hydrogen (secondary N) is 2. The molecule has 2 N–H and O–H groups in total. The molecule has 1 unspecified atom stereocenters. The van der Waals surface area contributed by atoms with Crippen molar-refractivity contribution in [2.24, 2.45) is 0 Å². The van der Waals surface area contributed by atoms with Crippen LogP contribution in [0.3, 0.4) is 0 Å². The van der Waals surface area contributed by atoms with Crippen molar-refractivity contribution in [3.8, 4) is 0 Å². The molecule has 122 valence electrons. The highest BCUT2D eigenvalue weighted by Gasteiger charge is 2.17. The molecule has 2 heterocycles. The molecule has 1 aromatic heterocycles. The van der Waals surface area contributed by atoms with E-state index in [2.05, 4.69) is 27.4 Å². The quantitative estimate of drug-likeness (QED) is 0.622. The van der Waals surface area contributed by atoms with Gasteiger partial charge in [-0.3, -0.25) is 0 Å². The molecule has 1 saturated heterocycles. The van der Waals surface area contributed by atoms with Gasteiger partial charge in [0.1, 0.15) is 0 Å². The maximum absolute atomic E-state index is 11.8. The van der Waals surface area contributed by atoms with E-state index in [1.807, 2.05) is 0 Å². The summed E-state index contributed by atoms with van der Waals surface area (Å²) in [6, 6.07) is 3.94. The van der Waals surface area contributed by atoms with Crippen LogP contribution in [0.2, 0.25) is 5.15 Å². The number of urea groups is 1. The van der Waals surface area contributed by atoms with Crippen molar-refractivity contribution in [3.05, 3.63) is 23.5 Å². The lowest BCUT2D eigenvalue weighted by molar-refractivity contribution is 0.158. The molecule has 0 bridgehead atoms. The summed E-state index contributed by atoms with van der Waals surface area (Å²) in [6.45, 7) is 5.32. The van der Waals surface area contributed by atoms with E-state index in [1.54, 1.807) is 18.3 Å². The number of rotatable bonds is 6. The molecule has 1 fully saturated rings. The van der Waals surface area contributed by atoms with Gasteiger partial charge in [-0.1, -0.05) is 18.0 Å². The predicted octanol–water partition coefficient (Wildman–Crippen LogP) is 3.51. The SMILES string of the molecule is CC1CCCCN1CCCCNC(=O)Nc1cccnc1Cl. The number of amides is 2. The first-order valence-electron chi connectivity index (χ1n) is 8.06. The number of carbonyl (C=O) groups is 1. The summed E-state index contributed by atoms with van der Waals surface area (Å²) in [4.78, 5) is 18.2. The Morgan fingerprint density at radius 1 is 1.45 bits per heavy atom. The maximum Gasteiger partial charge on any atom is 0.319 e. The molecule has 0 spiro atoms. The van der Waals surface area contributed by atoms with Gasteiger partial charge >= 0.3 is 6.03 Å². The second kappa shape index (κ2) is 8.96. The molecule has 6 heteroatoms. The van der Waals surface area contributed by atoms with Gasteiger partial charge in [0.05, 0.1) is 5.69 Å². The highest BCUT2D eigenvalue weighted by atomic mass is 35.5. The molecule has 1 atom stereocenters. The molecule has 1 aromatic rings. The number of unbranched alkanes of at least 4 members (excludes halogenated alkanes) is 1. The molecular weight excluding hydrogens is 300 g/mol. The average molecular weight is 325 g/mol. The third kappa shape index (κ3) is 5.46. The second-order valence-corrected chi connectivity index (χ2v) is 6.17. The molecule has 0 radical (unpaired) electrons. The normalized spacial score (nSPS) is 18.9. The third-order valence-corrected chi connectivity index (χ3v) is 4.41. The summed E-state index contributed by atoms with van der Waals surface area (Å²) in [7, 11) is 0. The number of carbonyl (C=O) groups excluding carboxylic acids is 1. The molecule has 2 rings (SSSR count). The van der Waals surface area contributed by atoms with E-state index < -0.39 is 0 Å². The Morgan fingerprint density at radius 3 is 3.09 bits per heavy atom. The molecule has 0 saturated carbocycles. The Hall–Kier alpha value is -1.33. The van der Waals surface area contributed by atoms with Gasteiger partial charge in [0.2, 0.25) is 0 Å². The minimum Gasteiger partial charge on any atom is -0.338 e. The average Bonchev–Trinajstić information content (AvgIpc) is 2.51. The summed E-state index contributed by atoms with van der Waals surface area (Å²) in [6.07, 6.45) is 7.67. The van der Waals surface area contributed by atoms with Gasteiger partial charge in [0.15, 0.2) is 5.15 Å². The Balaban J connectivity index is 1.58. The molecule has 1 aliphatic rings. The first-order valence-corrected chi connectivity index (χ1v) is 8.44. The lowest BCUT2D eigenvalue weighted by atomic mass is 10.0. The number of piperidine rings is 1. The number of hydrogen-bond donors (Lipinski definition) is 2. The first-order chi connectivity index (χ1) is 10.7. The van der Waals surface area contributed by atoms with Crippen LogP contribution in [0, 0.1) is 0 Å². The number of anilines is 1. The number of likely N-dealkylation sites (tertiary alicyclic amines) is 1. The Labute approximate surface area is 137 Å². The van der Waals surface area contributed by atoms with Crippen LogP contribution in [0.5, 0.6) is 0 Å². The van der Waals surface area contributed by atoms with Crippen LogP contribution in [0.25, 0.3) is 0 Å². The monoisotopic (exact) mass is 324 g/mol. The first kappa shape index (κ1) is 17.0. The third-order valence-electron chi connectivity index (χ3n) is 4.11. The molecule has 5 nitrogen and oxygen atoms in total. The fourth-order valence-electron chi connectivity index (χ4n) is 2.78. The lowest BCUT2D eigenvalue weighted by Gasteiger charge is -2.33. The molecule has 2 amide bonds. The molecule has 0 aromatic carbocycles. The summed E-state index contributed by atoms with van der Waals surface area (Å²) in [5, 5.41) is 5.86. The zero-order valence-corrected chi connectivity index (χ0v) is 13.9. The van der Waals surface area contributed by atoms with Crippen LogP contribution in [0.4, 0.5) is 10.5 Å². The highest BCUT2D eigenvalue weighted by molar-refractivity contribution is 6.32. The fourth-order valence-corrected chi connectivity index (χ4v) is 2.94. The maximum atomic E-state index is 11.8. The number of halogens is 1. The van der Waals surface area contributed by atoms with E-state index in [-0.39, 0.29) is 6.03 Å². The number of nitrogens with zero attached hydrogens (tertiary/aromatic N) is 2. The van der Waals surface area contributed by atoms with Gasteiger partial charge in [0, 0.05) is 18.8 Å². The van der Waals surface area contributed by atoms with Crippen molar-refractivity contribution in [2.75, 3.05) is 25.0 Å². The van der Waals surface area contributed by atoms with Gasteiger partial charge in [-0.05, 0) is 57.8 Å². The number of aromatic nitrogens is 1. The zero-order valence-electron chi connectivity index (χ0n) is 13.1. The van der Waals surface area contributed by atoms with E-state index in [0.717, 1.165) is 19.4 Å². The second-order valence-electron chi connectivity index (χ2n) is 5.81. The van der Waals surface area contributed by atoms with E-state index in [9.17, 15) is 4.79 Å². The van der Waals surface area contributed by atoms with Crippen LogP contribution in [0.15, 0.2) is 18.3 Å². The minimum atomic E-state index is -0.235.